The summed E-state index contributed by atoms with van der Waals surface area (Å²) in [6.45, 7) is 0.388. The van der Waals surface area contributed by atoms with Crippen LogP contribution in [0.25, 0.3) is 0 Å². The number of aromatic nitrogens is 2. The van der Waals surface area contributed by atoms with Crippen LogP contribution < -0.4 is 4.72 Å². The molecule has 0 saturated carbocycles. The van der Waals surface area contributed by atoms with Crippen molar-refractivity contribution in [1.82, 2.24) is 9.78 Å². The quantitative estimate of drug-likeness (QED) is 0.511. The van der Waals surface area contributed by atoms with Gasteiger partial charge in [0.25, 0.3) is 15.7 Å². The van der Waals surface area contributed by atoms with Crippen LogP contribution in [0, 0.1) is 10.1 Å². The summed E-state index contributed by atoms with van der Waals surface area (Å²) in [6, 6.07) is 13.4. The van der Waals surface area contributed by atoms with Crippen molar-refractivity contribution >= 4 is 33.1 Å². The van der Waals surface area contributed by atoms with E-state index >= 15 is 0 Å². The first kappa shape index (κ1) is 17.9. The van der Waals surface area contributed by atoms with Crippen LogP contribution in [0.15, 0.2) is 65.7 Å². The molecule has 0 aliphatic carbocycles. The van der Waals surface area contributed by atoms with Crippen molar-refractivity contribution in [3.05, 3.63) is 81.5 Å². The standard InChI is InChI=1S/C16H13ClN4O4S/c17-15-4-2-1-3-12(15)11-20-10-9-16(18-20)19-26(24,25)14-7-5-13(6-8-14)21(22)23/h1-10H,11H2,(H,18,19). The van der Waals surface area contributed by atoms with Gasteiger partial charge in [0.1, 0.15) is 0 Å². The summed E-state index contributed by atoms with van der Waals surface area (Å²) in [6.07, 6.45) is 1.62. The highest BCUT2D eigenvalue weighted by molar-refractivity contribution is 7.92. The number of nitrogens with zero attached hydrogens (tertiary/aromatic N) is 3. The molecule has 1 N–H and O–H groups in total. The maximum atomic E-state index is 12.4. The number of benzene rings is 2. The van der Waals surface area contributed by atoms with Gasteiger partial charge in [-0.15, -0.1) is 0 Å². The SMILES string of the molecule is O=[N+]([O-])c1ccc(S(=O)(=O)Nc2ccn(Cc3ccccc3Cl)n2)cc1. The van der Waals surface area contributed by atoms with Gasteiger partial charge in [-0.2, -0.15) is 5.10 Å². The zero-order valence-corrected chi connectivity index (χ0v) is 14.8. The second-order valence-corrected chi connectivity index (χ2v) is 7.44. The first-order valence-corrected chi connectivity index (χ1v) is 9.25. The van der Waals surface area contributed by atoms with E-state index in [0.29, 0.717) is 11.6 Å². The third kappa shape index (κ3) is 4.01. The molecule has 0 fully saturated rings. The van der Waals surface area contributed by atoms with Gasteiger partial charge >= 0.3 is 0 Å². The fourth-order valence-electron chi connectivity index (χ4n) is 2.25. The Labute approximate surface area is 154 Å². The van der Waals surface area contributed by atoms with Gasteiger partial charge in [0, 0.05) is 29.4 Å². The van der Waals surface area contributed by atoms with Gasteiger partial charge in [0.15, 0.2) is 5.82 Å². The molecule has 1 aromatic heterocycles. The monoisotopic (exact) mass is 392 g/mol. The number of halogens is 1. The summed E-state index contributed by atoms with van der Waals surface area (Å²) in [7, 11) is -3.90. The number of anilines is 1. The number of rotatable bonds is 6. The van der Waals surface area contributed by atoms with E-state index in [0.717, 1.165) is 17.7 Å². The molecule has 0 aliphatic rings. The number of hydrogen-bond acceptors (Lipinski definition) is 5. The van der Waals surface area contributed by atoms with Gasteiger partial charge < -0.3 is 0 Å². The average Bonchev–Trinajstić information content (AvgIpc) is 3.03. The van der Waals surface area contributed by atoms with Crippen molar-refractivity contribution < 1.29 is 13.3 Å². The zero-order valence-electron chi connectivity index (χ0n) is 13.2. The Bertz CT molecular complexity index is 1050. The van der Waals surface area contributed by atoms with E-state index in [9.17, 15) is 18.5 Å². The molecule has 0 amide bonds. The van der Waals surface area contributed by atoms with E-state index in [1.54, 1.807) is 16.9 Å². The lowest BCUT2D eigenvalue weighted by atomic mass is 10.2. The minimum absolute atomic E-state index is 0.0937. The Balaban J connectivity index is 1.75. The Hall–Kier alpha value is -2.91. The van der Waals surface area contributed by atoms with Crippen LogP contribution in [-0.2, 0) is 16.6 Å². The number of non-ortho nitro benzene ring substituents is 1. The first-order valence-electron chi connectivity index (χ1n) is 7.39. The molecule has 0 atom stereocenters. The minimum Gasteiger partial charge on any atom is -0.266 e. The molecule has 2 aromatic carbocycles. The highest BCUT2D eigenvalue weighted by Gasteiger charge is 2.17. The van der Waals surface area contributed by atoms with Crippen LogP contribution >= 0.6 is 11.6 Å². The Morgan fingerprint density at radius 1 is 1.12 bits per heavy atom. The fourth-order valence-corrected chi connectivity index (χ4v) is 3.44. The van der Waals surface area contributed by atoms with Crippen LogP contribution in [0.1, 0.15) is 5.56 Å². The molecular formula is C16H13ClN4O4S. The Morgan fingerprint density at radius 3 is 2.46 bits per heavy atom. The highest BCUT2D eigenvalue weighted by Crippen LogP contribution is 2.19. The Kier molecular flexibility index (Phi) is 4.92. The van der Waals surface area contributed by atoms with Crippen molar-refractivity contribution in [3.8, 4) is 0 Å². The van der Waals surface area contributed by atoms with E-state index < -0.39 is 14.9 Å². The fraction of sp³-hybridized carbons (Fsp3) is 0.0625. The molecular weight excluding hydrogens is 380 g/mol. The Morgan fingerprint density at radius 2 is 1.81 bits per heavy atom. The van der Waals surface area contributed by atoms with Gasteiger partial charge in [-0.1, -0.05) is 29.8 Å². The van der Waals surface area contributed by atoms with Gasteiger partial charge in [0.2, 0.25) is 0 Å². The molecule has 0 radical (unpaired) electrons. The number of hydrogen-bond donors (Lipinski definition) is 1. The van der Waals surface area contributed by atoms with Gasteiger partial charge in [-0.05, 0) is 23.8 Å². The van der Waals surface area contributed by atoms with Crippen molar-refractivity contribution in [2.24, 2.45) is 0 Å². The minimum atomic E-state index is -3.90. The largest absolute Gasteiger partial charge is 0.269 e. The number of sulfonamides is 1. The van der Waals surface area contributed by atoms with Crippen molar-refractivity contribution in [2.75, 3.05) is 4.72 Å². The predicted molar refractivity (Wildman–Crippen MR) is 96.7 cm³/mol. The van der Waals surface area contributed by atoms with Crippen LogP contribution in [0.4, 0.5) is 11.5 Å². The lowest BCUT2D eigenvalue weighted by molar-refractivity contribution is -0.384. The summed E-state index contributed by atoms with van der Waals surface area (Å²) < 4.78 is 28.6. The first-order chi connectivity index (χ1) is 12.3. The maximum Gasteiger partial charge on any atom is 0.269 e. The molecule has 1 heterocycles. The second kappa shape index (κ2) is 7.14. The van der Waals surface area contributed by atoms with E-state index in [2.05, 4.69) is 9.82 Å². The van der Waals surface area contributed by atoms with E-state index in [4.69, 9.17) is 11.6 Å². The topological polar surface area (TPSA) is 107 Å². The van der Waals surface area contributed by atoms with Crippen molar-refractivity contribution in [1.29, 1.82) is 0 Å². The van der Waals surface area contributed by atoms with Crippen molar-refractivity contribution in [2.45, 2.75) is 11.4 Å². The maximum absolute atomic E-state index is 12.4. The predicted octanol–water partition coefficient (Wildman–Crippen LogP) is 3.29. The second-order valence-electron chi connectivity index (χ2n) is 5.35. The molecule has 26 heavy (non-hydrogen) atoms. The smallest absolute Gasteiger partial charge is 0.266 e. The molecule has 10 heteroatoms. The molecule has 0 spiro atoms. The van der Waals surface area contributed by atoms with E-state index in [1.165, 1.54) is 18.2 Å². The molecule has 3 rings (SSSR count). The average molecular weight is 393 g/mol. The van der Waals surface area contributed by atoms with Gasteiger partial charge in [-0.3, -0.25) is 19.5 Å². The third-order valence-corrected chi connectivity index (χ3v) is 5.27. The number of nitrogens with one attached hydrogen (secondary N) is 1. The lowest BCUT2D eigenvalue weighted by Gasteiger charge is -2.06. The molecule has 0 bridgehead atoms. The molecule has 0 aliphatic heterocycles. The third-order valence-electron chi connectivity index (χ3n) is 3.53. The van der Waals surface area contributed by atoms with Crippen molar-refractivity contribution in [3.63, 3.8) is 0 Å². The van der Waals surface area contributed by atoms with Crippen LogP contribution in [-0.4, -0.2) is 23.1 Å². The molecule has 3 aromatic rings. The van der Waals surface area contributed by atoms with Crippen LogP contribution in [0.2, 0.25) is 5.02 Å². The van der Waals surface area contributed by atoms with Crippen LogP contribution in [0.3, 0.4) is 0 Å². The summed E-state index contributed by atoms with van der Waals surface area (Å²) in [5, 5.41) is 15.4. The van der Waals surface area contributed by atoms with E-state index in [-0.39, 0.29) is 16.4 Å². The number of nitro groups is 1. The van der Waals surface area contributed by atoms with E-state index in [1.807, 2.05) is 18.2 Å². The van der Waals surface area contributed by atoms with Gasteiger partial charge in [-0.25, -0.2) is 8.42 Å². The summed E-state index contributed by atoms with van der Waals surface area (Å²) in [5.74, 6) is 0.135. The summed E-state index contributed by atoms with van der Waals surface area (Å²) >= 11 is 6.10. The summed E-state index contributed by atoms with van der Waals surface area (Å²) in [4.78, 5) is 9.96. The number of nitro benzene ring substituents is 1. The van der Waals surface area contributed by atoms with Gasteiger partial charge in [0.05, 0.1) is 16.4 Å². The highest BCUT2D eigenvalue weighted by atomic mass is 35.5. The lowest BCUT2D eigenvalue weighted by Crippen LogP contribution is -2.14. The summed E-state index contributed by atoms with van der Waals surface area (Å²) in [5.41, 5.74) is 0.662. The molecule has 0 unspecified atom stereocenters. The molecule has 8 nitrogen and oxygen atoms in total. The molecule has 0 saturated heterocycles. The van der Waals surface area contributed by atoms with Crippen LogP contribution in [0.5, 0.6) is 0 Å². The molecule has 134 valence electrons. The zero-order chi connectivity index (χ0) is 18.7. The normalized spacial score (nSPS) is 11.3.